The maximum Gasteiger partial charge on any atom is 0.417 e. The van der Waals surface area contributed by atoms with Crippen molar-refractivity contribution in [3.8, 4) is 0 Å². The van der Waals surface area contributed by atoms with E-state index in [2.05, 4.69) is 4.98 Å². The number of nitrogens with one attached hydrogen (secondary N) is 1. The van der Waals surface area contributed by atoms with Gasteiger partial charge in [0.05, 0.1) is 5.52 Å². The number of fused-ring (bicyclic) bond motifs is 1. The van der Waals surface area contributed by atoms with Gasteiger partial charge in [0.1, 0.15) is 0 Å². The first kappa shape index (κ1) is 9.32. The third kappa shape index (κ3) is 1.56. The van der Waals surface area contributed by atoms with E-state index in [1.807, 2.05) is 0 Å². The number of oxazole rings is 1. The summed E-state index contributed by atoms with van der Waals surface area (Å²) in [5, 5.41) is 0. The van der Waals surface area contributed by atoms with E-state index in [0.717, 1.165) is 0 Å². The lowest BCUT2D eigenvalue weighted by molar-refractivity contribution is 0.255. The number of primary amides is 1. The Balaban J connectivity index is 2.55. The minimum Gasteiger partial charge on any atom is -0.408 e. The number of hydrogen-bond acceptors (Lipinski definition) is 3. The van der Waals surface area contributed by atoms with Gasteiger partial charge in [-0.1, -0.05) is 0 Å². The lowest BCUT2D eigenvalue weighted by atomic mass is 10.3. The molecule has 0 atom stereocenters. The Labute approximate surface area is 84.3 Å². The van der Waals surface area contributed by atoms with Crippen LogP contribution in [0, 0.1) is 0 Å². The van der Waals surface area contributed by atoms with Crippen LogP contribution in [0.15, 0.2) is 27.4 Å². The van der Waals surface area contributed by atoms with E-state index in [1.54, 1.807) is 18.2 Å². The first-order valence-corrected chi connectivity index (χ1v) is 4.24. The Hall–Kier alpha value is -2.24. The second-order valence-electron chi connectivity index (χ2n) is 3.09. The average Bonchev–Trinajstić information content (AvgIpc) is 2.55. The Morgan fingerprint density at radius 2 is 2.27 bits per heavy atom. The number of nitrogens with two attached hydrogens (primary N) is 1. The molecule has 0 aliphatic rings. The van der Waals surface area contributed by atoms with E-state index in [0.29, 0.717) is 16.8 Å². The second-order valence-corrected chi connectivity index (χ2v) is 3.09. The van der Waals surface area contributed by atoms with Gasteiger partial charge < -0.3 is 10.2 Å². The van der Waals surface area contributed by atoms with E-state index in [1.165, 1.54) is 11.9 Å². The van der Waals surface area contributed by atoms with Crippen molar-refractivity contribution in [2.75, 3.05) is 11.9 Å². The number of amides is 2. The van der Waals surface area contributed by atoms with Crippen LogP contribution >= 0.6 is 0 Å². The molecular weight excluding hydrogens is 198 g/mol. The van der Waals surface area contributed by atoms with E-state index in [9.17, 15) is 9.59 Å². The molecule has 0 aliphatic heterocycles. The molecule has 15 heavy (non-hydrogen) atoms. The summed E-state index contributed by atoms with van der Waals surface area (Å²) in [6.45, 7) is 0. The first-order valence-electron chi connectivity index (χ1n) is 4.24. The van der Waals surface area contributed by atoms with Crippen molar-refractivity contribution < 1.29 is 9.21 Å². The SMILES string of the molecule is CN(C(N)=O)c1ccc2[nH]c(=O)oc2c1. The van der Waals surface area contributed by atoms with Crippen LogP contribution in [0.2, 0.25) is 0 Å². The maximum absolute atomic E-state index is 10.9. The summed E-state index contributed by atoms with van der Waals surface area (Å²) in [6, 6.07) is 4.30. The molecule has 3 N–H and O–H groups in total. The average molecular weight is 207 g/mol. The number of carbonyl (C=O) groups is 1. The Morgan fingerprint density at radius 1 is 1.53 bits per heavy atom. The molecule has 0 fully saturated rings. The highest BCUT2D eigenvalue weighted by Crippen LogP contribution is 2.18. The van der Waals surface area contributed by atoms with Crippen LogP contribution in [0.4, 0.5) is 10.5 Å². The van der Waals surface area contributed by atoms with Gasteiger partial charge >= 0.3 is 11.8 Å². The van der Waals surface area contributed by atoms with Gasteiger partial charge in [-0.25, -0.2) is 9.59 Å². The molecule has 1 heterocycles. The number of rotatable bonds is 1. The van der Waals surface area contributed by atoms with Crippen molar-refractivity contribution in [2.24, 2.45) is 5.73 Å². The molecule has 0 radical (unpaired) electrons. The van der Waals surface area contributed by atoms with E-state index >= 15 is 0 Å². The quantitative estimate of drug-likeness (QED) is 0.718. The highest BCUT2D eigenvalue weighted by Gasteiger charge is 2.08. The number of aromatic amines is 1. The molecule has 0 unspecified atom stereocenters. The third-order valence-corrected chi connectivity index (χ3v) is 2.12. The van der Waals surface area contributed by atoms with Gasteiger partial charge in [0.2, 0.25) is 0 Å². The number of nitrogens with zero attached hydrogens (tertiary/aromatic N) is 1. The van der Waals surface area contributed by atoms with E-state index in [-0.39, 0.29) is 0 Å². The zero-order valence-electron chi connectivity index (χ0n) is 7.98. The van der Waals surface area contributed by atoms with Gasteiger partial charge in [0.25, 0.3) is 0 Å². The van der Waals surface area contributed by atoms with Crippen LogP contribution in [-0.4, -0.2) is 18.1 Å². The minimum atomic E-state index is -0.577. The zero-order chi connectivity index (χ0) is 11.0. The fourth-order valence-electron chi connectivity index (χ4n) is 1.27. The number of H-pyrrole nitrogens is 1. The minimum absolute atomic E-state index is 0.394. The number of benzene rings is 1. The molecule has 6 heteroatoms. The highest BCUT2D eigenvalue weighted by molar-refractivity contribution is 5.92. The monoisotopic (exact) mass is 207 g/mol. The molecule has 78 valence electrons. The van der Waals surface area contributed by atoms with Crippen LogP contribution in [-0.2, 0) is 0 Å². The highest BCUT2D eigenvalue weighted by atomic mass is 16.4. The van der Waals surface area contributed by atoms with Gasteiger partial charge in [0, 0.05) is 18.8 Å². The van der Waals surface area contributed by atoms with Crippen LogP contribution in [0.3, 0.4) is 0 Å². The van der Waals surface area contributed by atoms with Crippen LogP contribution in [0.1, 0.15) is 0 Å². The summed E-state index contributed by atoms with van der Waals surface area (Å²) in [5.74, 6) is -0.524. The maximum atomic E-state index is 10.9. The number of aromatic nitrogens is 1. The fourth-order valence-corrected chi connectivity index (χ4v) is 1.27. The summed E-state index contributed by atoms with van der Waals surface area (Å²) in [7, 11) is 1.54. The molecular formula is C9H9N3O3. The van der Waals surface area contributed by atoms with Crippen LogP contribution in [0.25, 0.3) is 11.1 Å². The molecule has 6 nitrogen and oxygen atoms in total. The van der Waals surface area contributed by atoms with Gasteiger partial charge in [-0.15, -0.1) is 0 Å². The molecule has 2 rings (SSSR count). The summed E-state index contributed by atoms with van der Waals surface area (Å²) in [5.41, 5.74) is 6.65. The summed E-state index contributed by atoms with van der Waals surface area (Å²) < 4.78 is 4.85. The zero-order valence-corrected chi connectivity index (χ0v) is 7.98. The number of carbonyl (C=O) groups excluding carboxylic acids is 1. The number of anilines is 1. The largest absolute Gasteiger partial charge is 0.417 e. The van der Waals surface area contributed by atoms with Crippen molar-refractivity contribution in [3.63, 3.8) is 0 Å². The molecule has 1 aromatic carbocycles. The van der Waals surface area contributed by atoms with Crippen molar-refractivity contribution in [3.05, 3.63) is 28.7 Å². The van der Waals surface area contributed by atoms with Gasteiger partial charge in [-0.3, -0.25) is 9.88 Å². The predicted octanol–water partition coefficient (Wildman–Crippen LogP) is 0.636. The standard InChI is InChI=1S/C9H9N3O3/c1-12(8(10)13)5-2-3-6-7(4-5)15-9(14)11-6/h2-4H,1H3,(H2,10,13)(H,11,14). The van der Waals surface area contributed by atoms with Gasteiger partial charge in [-0.05, 0) is 12.1 Å². The molecule has 2 amide bonds. The predicted molar refractivity (Wildman–Crippen MR) is 54.8 cm³/mol. The van der Waals surface area contributed by atoms with Crippen LogP contribution < -0.4 is 16.4 Å². The lowest BCUT2D eigenvalue weighted by Crippen LogP contribution is -2.31. The molecule has 0 spiro atoms. The first-order chi connectivity index (χ1) is 7.08. The molecule has 0 saturated carbocycles. The second kappa shape index (κ2) is 3.16. The smallest absolute Gasteiger partial charge is 0.408 e. The van der Waals surface area contributed by atoms with Crippen molar-refractivity contribution in [2.45, 2.75) is 0 Å². The molecule has 2 aromatic rings. The molecule has 0 aliphatic carbocycles. The van der Waals surface area contributed by atoms with Crippen LogP contribution in [0.5, 0.6) is 0 Å². The van der Waals surface area contributed by atoms with Crippen molar-refractivity contribution in [1.82, 2.24) is 4.98 Å². The molecule has 1 aromatic heterocycles. The lowest BCUT2D eigenvalue weighted by Gasteiger charge is -2.13. The summed E-state index contributed by atoms with van der Waals surface area (Å²) in [4.78, 5) is 25.5. The number of urea groups is 1. The van der Waals surface area contributed by atoms with E-state index < -0.39 is 11.8 Å². The van der Waals surface area contributed by atoms with E-state index in [4.69, 9.17) is 10.2 Å². The normalized spacial score (nSPS) is 10.5. The summed E-state index contributed by atoms with van der Waals surface area (Å²) in [6.07, 6.45) is 0. The van der Waals surface area contributed by atoms with Gasteiger partial charge in [-0.2, -0.15) is 0 Å². The fraction of sp³-hybridized carbons (Fsp3) is 0.111. The Morgan fingerprint density at radius 3 is 2.93 bits per heavy atom. The molecule has 0 bridgehead atoms. The number of hydrogen-bond donors (Lipinski definition) is 2. The Bertz CT molecular complexity index is 569. The van der Waals surface area contributed by atoms with Crippen molar-refractivity contribution >= 4 is 22.8 Å². The Kier molecular flexibility index (Phi) is 1.96. The molecule has 0 saturated heterocycles. The third-order valence-electron chi connectivity index (χ3n) is 2.12. The van der Waals surface area contributed by atoms with Gasteiger partial charge in [0.15, 0.2) is 5.58 Å². The summed E-state index contributed by atoms with van der Waals surface area (Å²) >= 11 is 0. The van der Waals surface area contributed by atoms with Crippen molar-refractivity contribution in [1.29, 1.82) is 0 Å². The topological polar surface area (TPSA) is 92.3 Å².